The highest BCUT2D eigenvalue weighted by Gasteiger charge is 2.26. The van der Waals surface area contributed by atoms with Crippen LogP contribution in [0.15, 0.2) is 48.5 Å². The molecule has 5 N–H and O–H groups in total. The van der Waals surface area contributed by atoms with E-state index in [1.165, 1.54) is 0 Å². The number of sulfonamides is 1. The molecule has 0 amide bonds. The largest absolute Gasteiger partial charge is 0.492 e. The number of likely N-dealkylation sites (tertiary alicyclic amines) is 1. The molecule has 0 atom stereocenters. The number of nitrogens with zero attached hydrogens (tertiary/aromatic N) is 2. The van der Waals surface area contributed by atoms with Gasteiger partial charge in [0.2, 0.25) is 10.0 Å². The highest BCUT2D eigenvalue weighted by molar-refractivity contribution is 7.93. The molecule has 0 bridgehead atoms. The summed E-state index contributed by atoms with van der Waals surface area (Å²) in [4.78, 5) is 13.2. The number of benzene rings is 2. The summed E-state index contributed by atoms with van der Waals surface area (Å²) in [5.41, 5.74) is 6.25. The van der Waals surface area contributed by atoms with Gasteiger partial charge in [0.1, 0.15) is 30.0 Å². The fourth-order valence-electron chi connectivity index (χ4n) is 3.86. The van der Waals surface area contributed by atoms with Crippen molar-refractivity contribution in [3.63, 3.8) is 0 Å². The van der Waals surface area contributed by atoms with Gasteiger partial charge in [-0.25, -0.2) is 8.42 Å². The van der Waals surface area contributed by atoms with Crippen LogP contribution in [0.25, 0.3) is 0 Å². The van der Waals surface area contributed by atoms with E-state index in [0.717, 1.165) is 30.2 Å². The molecule has 1 aliphatic rings. The molecule has 0 spiro atoms. The van der Waals surface area contributed by atoms with Gasteiger partial charge in [0, 0.05) is 31.5 Å². The van der Waals surface area contributed by atoms with Gasteiger partial charge in [0.25, 0.3) is 0 Å². The first-order chi connectivity index (χ1) is 17.0. The first kappa shape index (κ1) is 32.8. The molecule has 0 radical (unpaired) electrons. The molecule has 11 nitrogen and oxygen atoms in total. The monoisotopic (exact) mass is 589 g/mol. The number of piperidine rings is 1. The Labute approximate surface area is 234 Å². The molecule has 38 heavy (non-hydrogen) atoms. The van der Waals surface area contributed by atoms with Crippen LogP contribution in [0.3, 0.4) is 0 Å². The number of hydrogen-bond donors (Lipinski definition) is 4. The number of halogens is 2. The van der Waals surface area contributed by atoms with E-state index >= 15 is 0 Å². The zero-order valence-electron chi connectivity index (χ0n) is 20.8. The van der Waals surface area contributed by atoms with Gasteiger partial charge in [-0.05, 0) is 43.3 Å². The number of carboxylic acids is 1. The number of nitrogens with two attached hydrogens (primary N) is 1. The number of nitrogen functional groups attached to an aromatic ring is 1. The molecule has 3 rings (SSSR count). The van der Waals surface area contributed by atoms with Crippen LogP contribution in [-0.2, 0) is 14.8 Å². The molecule has 2 aromatic carbocycles. The van der Waals surface area contributed by atoms with Gasteiger partial charge in [0.15, 0.2) is 5.75 Å². The fourth-order valence-corrected chi connectivity index (χ4v) is 5.12. The Morgan fingerprint density at radius 2 is 1.74 bits per heavy atom. The van der Waals surface area contributed by atoms with Crippen LogP contribution in [0, 0.1) is 10.8 Å². The Kier molecular flexibility index (Phi) is 12.6. The van der Waals surface area contributed by atoms with E-state index in [2.05, 4.69) is 0 Å². The van der Waals surface area contributed by atoms with Gasteiger partial charge in [0.05, 0.1) is 18.1 Å². The summed E-state index contributed by atoms with van der Waals surface area (Å²) < 4.78 is 38.3. The molecule has 1 aliphatic heterocycles. The average molecular weight is 591 g/mol. The molecular weight excluding hydrogens is 557 g/mol. The summed E-state index contributed by atoms with van der Waals surface area (Å²) in [6.45, 7) is 3.08. The predicted octanol–water partition coefficient (Wildman–Crippen LogP) is 2.95. The quantitative estimate of drug-likeness (QED) is 0.229. The minimum absolute atomic E-state index is 0. The molecule has 0 saturated carbocycles. The van der Waals surface area contributed by atoms with Crippen LogP contribution in [-0.4, -0.2) is 74.2 Å². The van der Waals surface area contributed by atoms with Gasteiger partial charge in [-0.3, -0.25) is 19.9 Å². The van der Waals surface area contributed by atoms with E-state index in [1.54, 1.807) is 55.5 Å². The highest BCUT2D eigenvalue weighted by atomic mass is 35.5. The molecule has 1 heterocycles. The van der Waals surface area contributed by atoms with Gasteiger partial charge in [-0.15, -0.1) is 24.8 Å². The molecule has 210 valence electrons. The molecule has 14 heteroatoms. The van der Waals surface area contributed by atoms with Gasteiger partial charge in [-0.1, -0.05) is 12.1 Å². The minimum Gasteiger partial charge on any atom is -0.492 e. The lowest BCUT2D eigenvalue weighted by atomic mass is 10.1. The van der Waals surface area contributed by atoms with Crippen LogP contribution >= 0.6 is 24.8 Å². The normalized spacial score (nSPS) is 13.4. The van der Waals surface area contributed by atoms with E-state index < -0.39 is 21.7 Å². The van der Waals surface area contributed by atoms with Crippen molar-refractivity contribution in [2.24, 2.45) is 5.73 Å². The minimum atomic E-state index is -4.17. The summed E-state index contributed by atoms with van der Waals surface area (Å²) >= 11 is 0. The first-order valence-electron chi connectivity index (χ1n) is 11.4. The van der Waals surface area contributed by atoms with Crippen molar-refractivity contribution in [3.8, 4) is 11.5 Å². The Hall–Kier alpha value is -3.22. The highest BCUT2D eigenvalue weighted by Crippen LogP contribution is 2.25. The van der Waals surface area contributed by atoms with Crippen molar-refractivity contribution in [1.82, 2.24) is 4.90 Å². The van der Waals surface area contributed by atoms with E-state index in [9.17, 15) is 13.2 Å². The second kappa shape index (κ2) is 14.6. The summed E-state index contributed by atoms with van der Waals surface area (Å²) in [7, 11) is -4.17. The SMILES string of the molecule is CC(=N)N1CCC(Oc2ccc(N(CCOc3cccc(C(=N)N)c3)S(=O)(=O)CC(=O)O)cc2)CC1.Cl.Cl. The summed E-state index contributed by atoms with van der Waals surface area (Å²) in [6, 6.07) is 13.0. The number of carboxylic acid groups (broad SMARTS) is 1. The standard InChI is InChI=1S/C24H31N5O6S.2ClH/c1-17(25)28-11-9-21(10-12-28)35-20-7-5-19(6-8-20)29(36(32,33)16-23(30)31)13-14-34-22-4-2-3-18(15-22)24(26)27;;/h2-8,15,21,25H,9-14,16H2,1H3,(H3,26,27)(H,30,31);2*1H. The molecular formula is C24H33Cl2N5O6S. The van der Waals surface area contributed by atoms with Crippen LogP contribution in [0.4, 0.5) is 5.69 Å². The third kappa shape index (κ3) is 9.26. The molecule has 0 unspecified atom stereocenters. The smallest absolute Gasteiger partial charge is 0.320 e. The maximum atomic E-state index is 12.8. The predicted molar refractivity (Wildman–Crippen MR) is 151 cm³/mol. The van der Waals surface area contributed by atoms with Gasteiger partial charge in [-0.2, -0.15) is 0 Å². The average Bonchev–Trinajstić information content (AvgIpc) is 2.82. The second-order valence-corrected chi connectivity index (χ2v) is 10.3. The Balaban J connectivity index is 0.00000361. The number of carbonyl (C=O) groups is 1. The van der Waals surface area contributed by atoms with Crippen molar-refractivity contribution in [3.05, 3.63) is 54.1 Å². The molecule has 2 aromatic rings. The summed E-state index contributed by atoms with van der Waals surface area (Å²) in [5.74, 6) is -1.11. The summed E-state index contributed by atoms with van der Waals surface area (Å²) in [5, 5.41) is 24.4. The van der Waals surface area contributed by atoms with Crippen molar-refractivity contribution in [2.75, 3.05) is 36.3 Å². The Morgan fingerprint density at radius 1 is 1.11 bits per heavy atom. The number of hydrogen-bond acceptors (Lipinski definition) is 7. The van der Waals surface area contributed by atoms with Crippen molar-refractivity contribution in [1.29, 1.82) is 10.8 Å². The lowest BCUT2D eigenvalue weighted by Gasteiger charge is -2.33. The molecule has 0 aliphatic carbocycles. The number of ether oxygens (including phenoxy) is 2. The molecule has 1 fully saturated rings. The zero-order valence-corrected chi connectivity index (χ0v) is 23.3. The second-order valence-electron chi connectivity index (χ2n) is 8.40. The van der Waals surface area contributed by atoms with Crippen LogP contribution in [0.5, 0.6) is 11.5 Å². The van der Waals surface area contributed by atoms with Crippen LogP contribution < -0.4 is 19.5 Å². The van der Waals surface area contributed by atoms with E-state index in [1.807, 2.05) is 4.90 Å². The van der Waals surface area contributed by atoms with Crippen molar-refractivity contribution >= 4 is 58.2 Å². The lowest BCUT2D eigenvalue weighted by molar-refractivity contribution is -0.134. The maximum absolute atomic E-state index is 12.8. The maximum Gasteiger partial charge on any atom is 0.320 e. The number of aliphatic carboxylic acids is 1. The number of anilines is 1. The van der Waals surface area contributed by atoms with E-state index in [0.29, 0.717) is 28.6 Å². The van der Waals surface area contributed by atoms with Gasteiger partial charge >= 0.3 is 5.97 Å². The molecule has 0 aromatic heterocycles. The van der Waals surface area contributed by atoms with Crippen molar-refractivity contribution in [2.45, 2.75) is 25.9 Å². The van der Waals surface area contributed by atoms with Crippen molar-refractivity contribution < 1.29 is 27.8 Å². The van der Waals surface area contributed by atoms with E-state index in [-0.39, 0.29) is 49.9 Å². The van der Waals surface area contributed by atoms with Gasteiger partial charge < -0.3 is 25.2 Å². The zero-order chi connectivity index (χ0) is 26.3. The first-order valence-corrected chi connectivity index (χ1v) is 13.0. The Morgan fingerprint density at radius 3 is 2.29 bits per heavy atom. The lowest BCUT2D eigenvalue weighted by Crippen LogP contribution is -2.40. The third-order valence-electron chi connectivity index (χ3n) is 5.69. The van der Waals surface area contributed by atoms with Crippen LogP contribution in [0.1, 0.15) is 25.3 Å². The number of amidine groups is 2. The summed E-state index contributed by atoms with van der Waals surface area (Å²) in [6.07, 6.45) is 1.55. The fraction of sp³-hybridized carbons (Fsp3) is 0.375. The number of rotatable bonds is 11. The van der Waals surface area contributed by atoms with E-state index in [4.69, 9.17) is 31.1 Å². The Bertz CT molecular complexity index is 1210. The topological polar surface area (TPSA) is 170 Å². The molecule has 1 saturated heterocycles. The number of nitrogens with one attached hydrogen (secondary N) is 2. The van der Waals surface area contributed by atoms with Crippen LogP contribution in [0.2, 0.25) is 0 Å². The third-order valence-corrected chi connectivity index (χ3v) is 7.37.